The summed E-state index contributed by atoms with van der Waals surface area (Å²) in [6.45, 7) is 0. The van der Waals surface area contributed by atoms with Gasteiger partial charge in [-0.25, -0.2) is 0 Å². The number of hydrogen-bond acceptors (Lipinski definition) is 3. The van der Waals surface area contributed by atoms with Crippen LogP contribution in [0.3, 0.4) is 0 Å². The molecule has 0 amide bonds. The van der Waals surface area contributed by atoms with Gasteiger partial charge in [0.15, 0.2) is 0 Å². The molecule has 1 saturated carbocycles. The molecule has 1 rings (SSSR count). The number of rotatable bonds is 3. The van der Waals surface area contributed by atoms with E-state index < -0.39 is 0 Å². The van der Waals surface area contributed by atoms with Crippen LogP contribution in [0.5, 0.6) is 0 Å². The molecule has 13 heavy (non-hydrogen) atoms. The second-order valence-electron chi connectivity index (χ2n) is 3.66. The summed E-state index contributed by atoms with van der Waals surface area (Å²) in [6.07, 6.45) is 3.77. The van der Waals surface area contributed by atoms with E-state index in [1.165, 1.54) is 19.3 Å². The second-order valence-corrected chi connectivity index (χ2v) is 3.66. The Morgan fingerprint density at radius 2 is 0.923 bits per heavy atom. The van der Waals surface area contributed by atoms with Crippen molar-refractivity contribution < 1.29 is 17.1 Å². The first-order valence-electron chi connectivity index (χ1n) is 4.82. The van der Waals surface area contributed by atoms with Gasteiger partial charge in [0.25, 0.3) is 0 Å². The number of hydrogen-bond donors (Lipinski definition) is 3. The van der Waals surface area contributed by atoms with Gasteiger partial charge in [0.1, 0.15) is 0 Å². The van der Waals surface area contributed by atoms with E-state index in [0.29, 0.717) is 18.1 Å². The average Bonchev–Trinajstić information content (AvgIpc) is 2.16. The topological polar surface area (TPSA) is 36.1 Å². The number of nitrogens with one attached hydrogen (secondary N) is 3. The first kappa shape index (κ1) is 13.4. The van der Waals surface area contributed by atoms with Gasteiger partial charge in [-0.05, 0) is 40.4 Å². The molecular formula is C9H21CuN3. The van der Waals surface area contributed by atoms with Crippen LogP contribution in [-0.2, 0) is 17.1 Å². The Kier molecular flexibility index (Phi) is 7.00. The van der Waals surface area contributed by atoms with Gasteiger partial charge >= 0.3 is 0 Å². The van der Waals surface area contributed by atoms with E-state index in [0.717, 1.165) is 0 Å². The maximum atomic E-state index is 3.35. The molecule has 0 aromatic heterocycles. The molecule has 3 nitrogen and oxygen atoms in total. The van der Waals surface area contributed by atoms with E-state index in [1.54, 1.807) is 0 Å². The Labute approximate surface area is 91.9 Å². The molecule has 83 valence electrons. The van der Waals surface area contributed by atoms with E-state index in [2.05, 4.69) is 37.1 Å². The SMILES string of the molecule is CNC1CC(NC)CC(NC)C1.[Cu]. The average molecular weight is 235 g/mol. The van der Waals surface area contributed by atoms with E-state index in [-0.39, 0.29) is 17.1 Å². The summed E-state index contributed by atoms with van der Waals surface area (Å²) in [5.74, 6) is 0. The largest absolute Gasteiger partial charge is 0.317 e. The van der Waals surface area contributed by atoms with Crippen LogP contribution in [0.25, 0.3) is 0 Å². The van der Waals surface area contributed by atoms with Gasteiger partial charge < -0.3 is 16.0 Å². The molecule has 0 aromatic rings. The molecule has 1 aliphatic rings. The van der Waals surface area contributed by atoms with Crippen molar-refractivity contribution in [3.05, 3.63) is 0 Å². The van der Waals surface area contributed by atoms with Crippen LogP contribution in [0.1, 0.15) is 19.3 Å². The standard InChI is InChI=1S/C9H21N3.Cu/c1-10-7-4-8(11-2)6-9(5-7)12-3;/h7-12H,4-6H2,1-3H3;. The van der Waals surface area contributed by atoms with E-state index in [9.17, 15) is 0 Å². The van der Waals surface area contributed by atoms with Gasteiger partial charge in [-0.3, -0.25) is 0 Å². The van der Waals surface area contributed by atoms with Crippen LogP contribution in [0.2, 0.25) is 0 Å². The van der Waals surface area contributed by atoms with Crippen LogP contribution < -0.4 is 16.0 Å². The normalized spacial score (nSPS) is 33.9. The van der Waals surface area contributed by atoms with Crippen molar-refractivity contribution in [1.82, 2.24) is 16.0 Å². The molecule has 0 heterocycles. The summed E-state index contributed by atoms with van der Waals surface area (Å²) in [7, 11) is 6.15. The van der Waals surface area contributed by atoms with Crippen LogP contribution >= 0.6 is 0 Å². The zero-order chi connectivity index (χ0) is 8.97. The summed E-state index contributed by atoms with van der Waals surface area (Å²) in [5, 5.41) is 10.1. The Bertz CT molecular complexity index is 102. The van der Waals surface area contributed by atoms with Crippen molar-refractivity contribution in [3.8, 4) is 0 Å². The van der Waals surface area contributed by atoms with Crippen molar-refractivity contribution >= 4 is 0 Å². The molecule has 0 spiro atoms. The van der Waals surface area contributed by atoms with Gasteiger partial charge in [0, 0.05) is 35.2 Å². The predicted octanol–water partition coefficient (Wildman–Crippen LogP) is -0.0682. The smallest absolute Gasteiger partial charge is 0.00936 e. The summed E-state index contributed by atoms with van der Waals surface area (Å²) >= 11 is 0. The Morgan fingerprint density at radius 3 is 1.08 bits per heavy atom. The Morgan fingerprint density at radius 1 is 0.692 bits per heavy atom. The monoisotopic (exact) mass is 234 g/mol. The van der Waals surface area contributed by atoms with Crippen LogP contribution in [0.15, 0.2) is 0 Å². The van der Waals surface area contributed by atoms with Gasteiger partial charge in [-0.15, -0.1) is 0 Å². The zero-order valence-electron chi connectivity index (χ0n) is 8.65. The van der Waals surface area contributed by atoms with Gasteiger partial charge in [-0.2, -0.15) is 0 Å². The van der Waals surface area contributed by atoms with Crippen LogP contribution in [0.4, 0.5) is 0 Å². The Hall–Kier alpha value is 0.399. The molecule has 1 radical (unpaired) electrons. The van der Waals surface area contributed by atoms with Crippen LogP contribution in [-0.4, -0.2) is 39.3 Å². The van der Waals surface area contributed by atoms with Gasteiger partial charge in [-0.1, -0.05) is 0 Å². The third-order valence-electron chi connectivity index (χ3n) is 2.93. The summed E-state index contributed by atoms with van der Waals surface area (Å²) in [4.78, 5) is 0. The van der Waals surface area contributed by atoms with Crippen molar-refractivity contribution in [1.29, 1.82) is 0 Å². The zero-order valence-corrected chi connectivity index (χ0v) is 9.60. The molecule has 0 aliphatic heterocycles. The fourth-order valence-corrected chi connectivity index (χ4v) is 2.03. The molecule has 0 atom stereocenters. The molecule has 1 fully saturated rings. The summed E-state index contributed by atoms with van der Waals surface area (Å²) in [6, 6.07) is 2.02. The molecule has 0 bridgehead atoms. The summed E-state index contributed by atoms with van der Waals surface area (Å²) < 4.78 is 0. The molecule has 0 unspecified atom stereocenters. The van der Waals surface area contributed by atoms with Crippen LogP contribution in [0, 0.1) is 0 Å². The first-order chi connectivity index (χ1) is 5.80. The maximum absolute atomic E-state index is 3.35. The third kappa shape index (κ3) is 3.96. The van der Waals surface area contributed by atoms with Gasteiger partial charge in [0.05, 0.1) is 0 Å². The predicted molar refractivity (Wildman–Crippen MR) is 52.4 cm³/mol. The first-order valence-corrected chi connectivity index (χ1v) is 4.82. The van der Waals surface area contributed by atoms with E-state index in [4.69, 9.17) is 0 Å². The van der Waals surface area contributed by atoms with Crippen molar-refractivity contribution in [2.75, 3.05) is 21.1 Å². The van der Waals surface area contributed by atoms with E-state index in [1.807, 2.05) is 0 Å². The molecular weight excluding hydrogens is 214 g/mol. The van der Waals surface area contributed by atoms with Crippen molar-refractivity contribution in [2.24, 2.45) is 0 Å². The minimum absolute atomic E-state index is 0. The molecule has 0 saturated heterocycles. The maximum Gasteiger partial charge on any atom is 0.00936 e. The fourth-order valence-electron chi connectivity index (χ4n) is 2.03. The fraction of sp³-hybridized carbons (Fsp3) is 1.00. The molecule has 1 aliphatic carbocycles. The molecule has 4 heteroatoms. The minimum Gasteiger partial charge on any atom is -0.317 e. The van der Waals surface area contributed by atoms with Gasteiger partial charge in [0.2, 0.25) is 0 Å². The minimum atomic E-state index is 0. The molecule has 0 aromatic carbocycles. The molecule has 3 N–H and O–H groups in total. The Balaban J connectivity index is 0.00000144. The third-order valence-corrected chi connectivity index (χ3v) is 2.93. The van der Waals surface area contributed by atoms with Crippen molar-refractivity contribution in [2.45, 2.75) is 37.4 Å². The summed E-state index contributed by atoms with van der Waals surface area (Å²) in [5.41, 5.74) is 0. The second kappa shape index (κ2) is 6.79. The quantitative estimate of drug-likeness (QED) is 0.599. The van der Waals surface area contributed by atoms with Crippen molar-refractivity contribution in [3.63, 3.8) is 0 Å². The van der Waals surface area contributed by atoms with E-state index >= 15 is 0 Å².